The number of alkyl halides is 3. The van der Waals surface area contributed by atoms with Crippen molar-refractivity contribution in [1.29, 1.82) is 0 Å². The fourth-order valence-electron chi connectivity index (χ4n) is 1.05. The third-order valence-electron chi connectivity index (χ3n) is 2.02. The first-order valence-electron chi connectivity index (χ1n) is 4.74. The normalized spacial score (nSPS) is 15.4. The third-order valence-corrected chi connectivity index (χ3v) is 3.34. The molecular weight excluding hydrogens is 245 g/mol. The quantitative estimate of drug-likeness (QED) is 0.770. The fraction of sp³-hybridized carbons (Fsp3) is 1.00. The van der Waals surface area contributed by atoms with Crippen molar-refractivity contribution >= 4 is 10.0 Å². The number of likely N-dealkylation sites (N-methyl/N-ethyl adjacent to an activating group) is 1. The van der Waals surface area contributed by atoms with E-state index in [0.717, 1.165) is 10.6 Å². The molecule has 0 fully saturated rings. The molecule has 1 N–H and O–H groups in total. The van der Waals surface area contributed by atoms with E-state index in [1.807, 2.05) is 0 Å². The first-order valence-corrected chi connectivity index (χ1v) is 6.58. The van der Waals surface area contributed by atoms with Crippen molar-refractivity contribution in [1.82, 2.24) is 9.62 Å². The van der Waals surface area contributed by atoms with Crippen molar-refractivity contribution in [3.63, 3.8) is 0 Å². The van der Waals surface area contributed by atoms with E-state index in [1.54, 1.807) is 0 Å². The van der Waals surface area contributed by atoms with Gasteiger partial charge in [0.25, 0.3) is 0 Å². The van der Waals surface area contributed by atoms with Gasteiger partial charge < -0.3 is 5.32 Å². The van der Waals surface area contributed by atoms with Crippen LogP contribution in [0.4, 0.5) is 13.2 Å². The molecule has 0 aliphatic rings. The number of nitrogens with zero attached hydrogens (tertiary/aromatic N) is 1. The lowest BCUT2D eigenvalue weighted by Crippen LogP contribution is -2.38. The van der Waals surface area contributed by atoms with E-state index in [9.17, 15) is 21.6 Å². The topological polar surface area (TPSA) is 49.4 Å². The Kier molecular flexibility index (Phi) is 5.71. The second-order valence-corrected chi connectivity index (χ2v) is 5.85. The van der Waals surface area contributed by atoms with Crippen LogP contribution in [0.2, 0.25) is 0 Å². The molecule has 0 bridgehead atoms. The Balaban J connectivity index is 3.83. The van der Waals surface area contributed by atoms with Gasteiger partial charge in [0.05, 0.1) is 12.7 Å². The van der Waals surface area contributed by atoms with E-state index in [-0.39, 0.29) is 13.1 Å². The molecule has 0 aromatic heterocycles. The number of sulfonamides is 1. The molecule has 98 valence electrons. The Morgan fingerprint density at radius 2 is 1.88 bits per heavy atom. The van der Waals surface area contributed by atoms with Crippen LogP contribution in [0.15, 0.2) is 0 Å². The Bertz CT molecular complexity index is 303. The Morgan fingerprint density at radius 3 is 2.25 bits per heavy atom. The minimum Gasteiger partial charge on any atom is -0.313 e. The van der Waals surface area contributed by atoms with Gasteiger partial charge in [-0.3, -0.25) is 0 Å². The second-order valence-electron chi connectivity index (χ2n) is 3.76. The molecule has 0 unspecified atom stereocenters. The van der Waals surface area contributed by atoms with Gasteiger partial charge in [-0.05, 0) is 6.92 Å². The molecule has 16 heavy (non-hydrogen) atoms. The average Bonchev–Trinajstić information content (AvgIpc) is 1.98. The zero-order chi connectivity index (χ0) is 13.0. The number of nitrogens with one attached hydrogen (secondary N) is 1. The lowest BCUT2D eigenvalue weighted by Gasteiger charge is -2.18. The molecule has 0 aromatic rings. The highest BCUT2D eigenvalue weighted by atomic mass is 32.2. The second kappa shape index (κ2) is 5.83. The lowest BCUT2D eigenvalue weighted by atomic mass is 10.2. The van der Waals surface area contributed by atoms with E-state index >= 15 is 0 Å². The minimum absolute atomic E-state index is 0.154. The van der Waals surface area contributed by atoms with E-state index in [1.165, 1.54) is 14.0 Å². The number of hydrogen-bond donors (Lipinski definition) is 1. The first kappa shape index (κ1) is 15.7. The maximum absolute atomic E-state index is 11.9. The molecule has 0 saturated carbocycles. The van der Waals surface area contributed by atoms with E-state index < -0.39 is 28.7 Å². The molecule has 0 aliphatic carbocycles. The largest absolute Gasteiger partial charge is 0.390 e. The summed E-state index contributed by atoms with van der Waals surface area (Å²) in [6, 6.07) is -0.715. The number of hydrogen-bond acceptors (Lipinski definition) is 3. The van der Waals surface area contributed by atoms with E-state index in [0.29, 0.717) is 0 Å². The highest BCUT2D eigenvalue weighted by molar-refractivity contribution is 7.88. The van der Waals surface area contributed by atoms with Gasteiger partial charge in [-0.25, -0.2) is 12.7 Å². The number of halogens is 3. The molecule has 0 heterocycles. The lowest BCUT2D eigenvalue weighted by molar-refractivity contribution is -0.139. The zero-order valence-electron chi connectivity index (χ0n) is 9.50. The monoisotopic (exact) mass is 262 g/mol. The number of rotatable bonds is 6. The van der Waals surface area contributed by atoms with Crippen LogP contribution in [0.3, 0.4) is 0 Å². The van der Waals surface area contributed by atoms with Crippen LogP contribution in [-0.2, 0) is 10.0 Å². The molecule has 0 rings (SSSR count). The van der Waals surface area contributed by atoms with Gasteiger partial charge in [-0.2, -0.15) is 13.2 Å². The summed E-state index contributed by atoms with van der Waals surface area (Å²) in [6.45, 7) is 1.76. The van der Waals surface area contributed by atoms with Gasteiger partial charge in [0.15, 0.2) is 0 Å². The van der Waals surface area contributed by atoms with Crippen LogP contribution in [0.25, 0.3) is 0 Å². The fourth-order valence-corrected chi connectivity index (χ4v) is 1.48. The predicted molar refractivity (Wildman–Crippen MR) is 55.6 cm³/mol. The van der Waals surface area contributed by atoms with Crippen molar-refractivity contribution in [3.8, 4) is 0 Å². The smallest absolute Gasteiger partial charge is 0.313 e. The molecule has 0 saturated heterocycles. The molecule has 8 heteroatoms. The predicted octanol–water partition coefficient (Wildman–Crippen LogP) is 0.808. The first-order chi connectivity index (χ1) is 7.02. The van der Waals surface area contributed by atoms with Gasteiger partial charge in [-0.15, -0.1) is 0 Å². The summed E-state index contributed by atoms with van der Waals surface area (Å²) in [6.07, 6.45) is -4.07. The molecule has 1 atom stereocenters. The SMILES string of the molecule is C[C@@H](CC(F)(F)F)NCCN(C)S(C)(=O)=O. The van der Waals surface area contributed by atoms with Crippen molar-refractivity contribution in [2.24, 2.45) is 0 Å². The average molecular weight is 262 g/mol. The van der Waals surface area contributed by atoms with Crippen LogP contribution in [0, 0.1) is 0 Å². The Labute approximate surface area is 93.9 Å². The maximum Gasteiger partial charge on any atom is 0.390 e. The molecule has 0 aromatic carbocycles. The van der Waals surface area contributed by atoms with Crippen molar-refractivity contribution in [2.75, 3.05) is 26.4 Å². The van der Waals surface area contributed by atoms with Gasteiger partial charge in [-0.1, -0.05) is 0 Å². The summed E-state index contributed by atoms with van der Waals surface area (Å²) < 4.78 is 58.8. The van der Waals surface area contributed by atoms with Crippen LogP contribution >= 0.6 is 0 Å². The van der Waals surface area contributed by atoms with E-state index in [2.05, 4.69) is 5.32 Å². The van der Waals surface area contributed by atoms with Crippen LogP contribution in [0.5, 0.6) is 0 Å². The van der Waals surface area contributed by atoms with Gasteiger partial charge >= 0.3 is 6.18 Å². The summed E-state index contributed by atoms with van der Waals surface area (Å²) in [5.74, 6) is 0. The summed E-state index contributed by atoms with van der Waals surface area (Å²) >= 11 is 0. The minimum atomic E-state index is -4.20. The van der Waals surface area contributed by atoms with Crippen molar-refractivity contribution in [2.45, 2.75) is 25.6 Å². The molecule has 0 amide bonds. The van der Waals surface area contributed by atoms with Gasteiger partial charge in [0, 0.05) is 26.2 Å². The zero-order valence-corrected chi connectivity index (χ0v) is 10.3. The molecule has 0 aliphatic heterocycles. The third kappa shape index (κ3) is 7.89. The van der Waals surface area contributed by atoms with Gasteiger partial charge in [0.1, 0.15) is 0 Å². The Morgan fingerprint density at radius 1 is 1.38 bits per heavy atom. The summed E-state index contributed by atoms with van der Waals surface area (Å²) in [7, 11) is -1.88. The highest BCUT2D eigenvalue weighted by Crippen LogP contribution is 2.21. The standard InChI is InChI=1S/C8H17F3N2O2S/c1-7(6-8(9,10)11)12-4-5-13(2)16(3,14)15/h7,12H,4-6H2,1-3H3/t7-/m0/s1. The summed E-state index contributed by atoms with van der Waals surface area (Å²) in [5, 5.41) is 2.62. The van der Waals surface area contributed by atoms with Crippen molar-refractivity contribution < 1.29 is 21.6 Å². The summed E-state index contributed by atoms with van der Waals surface area (Å²) in [4.78, 5) is 0. The molecule has 0 radical (unpaired) electrons. The van der Waals surface area contributed by atoms with Crippen molar-refractivity contribution in [3.05, 3.63) is 0 Å². The van der Waals surface area contributed by atoms with E-state index in [4.69, 9.17) is 0 Å². The van der Waals surface area contributed by atoms with Crippen LogP contribution in [0.1, 0.15) is 13.3 Å². The maximum atomic E-state index is 11.9. The van der Waals surface area contributed by atoms with Crippen LogP contribution in [-0.4, -0.2) is 51.3 Å². The Hall–Kier alpha value is -0.340. The molecular formula is C8H17F3N2O2S. The highest BCUT2D eigenvalue weighted by Gasteiger charge is 2.29. The summed E-state index contributed by atoms with van der Waals surface area (Å²) in [5.41, 5.74) is 0. The molecule has 0 spiro atoms. The van der Waals surface area contributed by atoms with Crippen LogP contribution < -0.4 is 5.32 Å². The van der Waals surface area contributed by atoms with Gasteiger partial charge in [0.2, 0.25) is 10.0 Å². The molecule has 4 nitrogen and oxygen atoms in total.